The minimum Gasteiger partial charge on any atom is -0.494 e. The molecule has 150 valence electrons. The fraction of sp³-hybridized carbons (Fsp3) is 0.333. The number of rotatable bonds is 7. The van der Waals surface area contributed by atoms with Crippen molar-refractivity contribution in [3.8, 4) is 5.75 Å². The van der Waals surface area contributed by atoms with E-state index >= 15 is 0 Å². The van der Waals surface area contributed by atoms with Crippen LogP contribution in [0.4, 0.5) is 4.39 Å². The third-order valence-electron chi connectivity index (χ3n) is 4.05. The van der Waals surface area contributed by atoms with Crippen molar-refractivity contribution in [3.63, 3.8) is 0 Å². The van der Waals surface area contributed by atoms with Gasteiger partial charge in [-0.05, 0) is 42.3 Å². The standard InChI is InChI=1S/C21H27FN4O2/c1-5-23-21(25-14-16-8-11-19(28-4)18(22)12-16)24-13-15-6-9-17(10-7-15)20(27)26(2)3/h6-12H,5,13-14H2,1-4H3,(H2,23,24,25). The largest absolute Gasteiger partial charge is 0.494 e. The fourth-order valence-electron chi connectivity index (χ4n) is 2.53. The molecule has 0 aliphatic heterocycles. The lowest BCUT2D eigenvalue weighted by Crippen LogP contribution is -2.36. The molecule has 6 nitrogen and oxygen atoms in total. The van der Waals surface area contributed by atoms with Gasteiger partial charge in [-0.15, -0.1) is 0 Å². The van der Waals surface area contributed by atoms with Crippen molar-refractivity contribution in [3.05, 3.63) is 65.0 Å². The maximum Gasteiger partial charge on any atom is 0.253 e. The molecule has 0 saturated heterocycles. The highest BCUT2D eigenvalue weighted by atomic mass is 19.1. The zero-order chi connectivity index (χ0) is 20.5. The molecule has 0 bridgehead atoms. The van der Waals surface area contributed by atoms with Crippen molar-refractivity contribution < 1.29 is 13.9 Å². The SMILES string of the molecule is CCNC(=NCc1ccc(OC)c(F)c1)NCc1ccc(C(=O)N(C)C)cc1. The van der Waals surface area contributed by atoms with Gasteiger partial charge in [0.25, 0.3) is 5.91 Å². The van der Waals surface area contributed by atoms with Gasteiger partial charge in [-0.3, -0.25) is 4.79 Å². The van der Waals surface area contributed by atoms with Gasteiger partial charge in [-0.2, -0.15) is 0 Å². The average Bonchev–Trinajstić information content (AvgIpc) is 2.70. The Balaban J connectivity index is 1.99. The number of amides is 1. The molecule has 2 rings (SSSR count). The van der Waals surface area contributed by atoms with Crippen molar-refractivity contribution in [2.75, 3.05) is 27.7 Å². The normalized spacial score (nSPS) is 11.1. The van der Waals surface area contributed by atoms with E-state index in [1.165, 1.54) is 13.2 Å². The Morgan fingerprint density at radius 2 is 1.79 bits per heavy atom. The van der Waals surface area contributed by atoms with Crippen molar-refractivity contribution in [2.24, 2.45) is 4.99 Å². The molecular weight excluding hydrogens is 359 g/mol. The Hall–Kier alpha value is -3.09. The first-order valence-corrected chi connectivity index (χ1v) is 9.09. The monoisotopic (exact) mass is 386 g/mol. The summed E-state index contributed by atoms with van der Waals surface area (Å²) < 4.78 is 18.7. The Bertz CT molecular complexity index is 820. The molecule has 0 aromatic heterocycles. The van der Waals surface area contributed by atoms with Crippen LogP contribution in [0, 0.1) is 5.82 Å². The van der Waals surface area contributed by atoms with Crippen molar-refractivity contribution in [1.29, 1.82) is 0 Å². The summed E-state index contributed by atoms with van der Waals surface area (Å²) in [5, 5.41) is 6.41. The molecule has 2 aromatic rings. The number of carbonyl (C=O) groups excluding carboxylic acids is 1. The van der Waals surface area contributed by atoms with Gasteiger partial charge in [-0.25, -0.2) is 9.38 Å². The van der Waals surface area contributed by atoms with Crippen molar-refractivity contribution in [2.45, 2.75) is 20.0 Å². The number of aliphatic imine (C=N–C) groups is 1. The van der Waals surface area contributed by atoms with E-state index < -0.39 is 5.82 Å². The summed E-state index contributed by atoms with van der Waals surface area (Å²) >= 11 is 0. The van der Waals surface area contributed by atoms with Crippen LogP contribution in [0.15, 0.2) is 47.5 Å². The van der Waals surface area contributed by atoms with Crippen LogP contribution in [0.5, 0.6) is 5.75 Å². The first-order valence-electron chi connectivity index (χ1n) is 9.09. The van der Waals surface area contributed by atoms with E-state index in [2.05, 4.69) is 15.6 Å². The van der Waals surface area contributed by atoms with E-state index in [1.54, 1.807) is 31.1 Å². The summed E-state index contributed by atoms with van der Waals surface area (Å²) in [4.78, 5) is 18.0. The van der Waals surface area contributed by atoms with Gasteiger partial charge in [0.2, 0.25) is 0 Å². The molecule has 0 saturated carbocycles. The second kappa shape index (κ2) is 10.3. The molecular formula is C21H27FN4O2. The maximum atomic E-state index is 13.8. The molecule has 1 amide bonds. The lowest BCUT2D eigenvalue weighted by molar-refractivity contribution is 0.0827. The van der Waals surface area contributed by atoms with Crippen LogP contribution in [-0.2, 0) is 13.1 Å². The van der Waals surface area contributed by atoms with Crippen LogP contribution in [-0.4, -0.2) is 44.5 Å². The summed E-state index contributed by atoms with van der Waals surface area (Å²) in [6, 6.07) is 12.2. The fourth-order valence-corrected chi connectivity index (χ4v) is 2.53. The van der Waals surface area contributed by atoms with E-state index in [-0.39, 0.29) is 11.7 Å². The van der Waals surface area contributed by atoms with E-state index in [1.807, 2.05) is 31.2 Å². The van der Waals surface area contributed by atoms with Crippen LogP contribution >= 0.6 is 0 Å². The van der Waals surface area contributed by atoms with E-state index in [9.17, 15) is 9.18 Å². The topological polar surface area (TPSA) is 66.0 Å². The Kier molecular flexibility index (Phi) is 7.80. The van der Waals surface area contributed by atoms with E-state index in [0.717, 1.165) is 11.1 Å². The van der Waals surface area contributed by atoms with E-state index in [4.69, 9.17) is 4.74 Å². The molecule has 0 radical (unpaired) electrons. The lowest BCUT2D eigenvalue weighted by Gasteiger charge is -2.13. The summed E-state index contributed by atoms with van der Waals surface area (Å²) in [7, 11) is 4.89. The lowest BCUT2D eigenvalue weighted by atomic mass is 10.1. The predicted octanol–water partition coefficient (Wildman–Crippen LogP) is 2.79. The summed E-state index contributed by atoms with van der Waals surface area (Å²) in [6.07, 6.45) is 0. The Labute approximate surface area is 165 Å². The minimum absolute atomic E-state index is 0.0267. The second-order valence-electron chi connectivity index (χ2n) is 6.41. The second-order valence-corrected chi connectivity index (χ2v) is 6.41. The quantitative estimate of drug-likeness (QED) is 0.567. The number of halogens is 1. The highest BCUT2D eigenvalue weighted by Crippen LogP contribution is 2.18. The number of nitrogens with one attached hydrogen (secondary N) is 2. The number of ether oxygens (including phenoxy) is 1. The van der Waals surface area contributed by atoms with Gasteiger partial charge in [0.1, 0.15) is 0 Å². The molecule has 0 unspecified atom stereocenters. The van der Waals surface area contributed by atoms with Crippen molar-refractivity contribution in [1.82, 2.24) is 15.5 Å². The number of guanidine groups is 1. The number of carbonyl (C=O) groups is 1. The molecule has 2 aromatic carbocycles. The van der Waals surface area contributed by atoms with Gasteiger partial charge in [0.15, 0.2) is 17.5 Å². The van der Waals surface area contributed by atoms with Crippen LogP contribution in [0.1, 0.15) is 28.4 Å². The van der Waals surface area contributed by atoms with E-state index in [0.29, 0.717) is 31.2 Å². The summed E-state index contributed by atoms with van der Waals surface area (Å²) in [5.41, 5.74) is 2.43. The smallest absolute Gasteiger partial charge is 0.253 e. The van der Waals surface area contributed by atoms with Gasteiger partial charge in [0, 0.05) is 32.7 Å². The molecule has 7 heteroatoms. The summed E-state index contributed by atoms with van der Waals surface area (Å²) in [5.74, 6) is 0.419. The number of hydrogen-bond donors (Lipinski definition) is 2. The molecule has 0 fully saturated rings. The molecule has 0 aliphatic carbocycles. The van der Waals surface area contributed by atoms with Gasteiger partial charge in [0.05, 0.1) is 13.7 Å². The zero-order valence-electron chi connectivity index (χ0n) is 16.8. The van der Waals surface area contributed by atoms with Crippen LogP contribution in [0.3, 0.4) is 0 Å². The Morgan fingerprint density at radius 3 is 2.36 bits per heavy atom. The molecule has 2 N–H and O–H groups in total. The molecule has 0 spiro atoms. The number of nitrogens with zero attached hydrogens (tertiary/aromatic N) is 2. The predicted molar refractivity (Wildman–Crippen MR) is 109 cm³/mol. The Morgan fingerprint density at radius 1 is 1.11 bits per heavy atom. The highest BCUT2D eigenvalue weighted by molar-refractivity contribution is 5.93. The third kappa shape index (κ3) is 5.97. The highest BCUT2D eigenvalue weighted by Gasteiger charge is 2.07. The average molecular weight is 386 g/mol. The maximum absolute atomic E-state index is 13.8. The minimum atomic E-state index is -0.402. The first kappa shape index (κ1) is 21.2. The molecule has 0 heterocycles. The number of methoxy groups -OCH3 is 1. The van der Waals surface area contributed by atoms with Gasteiger partial charge < -0.3 is 20.3 Å². The van der Waals surface area contributed by atoms with Crippen LogP contribution in [0.25, 0.3) is 0 Å². The van der Waals surface area contributed by atoms with Gasteiger partial charge in [-0.1, -0.05) is 18.2 Å². The van der Waals surface area contributed by atoms with Gasteiger partial charge >= 0.3 is 0 Å². The molecule has 0 atom stereocenters. The molecule has 28 heavy (non-hydrogen) atoms. The number of benzene rings is 2. The van der Waals surface area contributed by atoms with Crippen molar-refractivity contribution >= 4 is 11.9 Å². The van der Waals surface area contributed by atoms with Crippen LogP contribution in [0.2, 0.25) is 0 Å². The number of hydrogen-bond acceptors (Lipinski definition) is 3. The summed E-state index contributed by atoms with van der Waals surface area (Å²) in [6.45, 7) is 3.58. The third-order valence-corrected chi connectivity index (χ3v) is 4.05. The van der Waals surface area contributed by atoms with Crippen LogP contribution < -0.4 is 15.4 Å². The molecule has 0 aliphatic rings. The zero-order valence-corrected chi connectivity index (χ0v) is 16.8. The first-order chi connectivity index (χ1) is 13.4.